The lowest BCUT2D eigenvalue weighted by molar-refractivity contribution is 0.0996. The molecule has 0 bridgehead atoms. The highest BCUT2D eigenvalue weighted by molar-refractivity contribution is 7.89. The average Bonchev–Trinajstić information content (AvgIpc) is 3.00. The molecule has 3 rings (SSSR count). The van der Waals surface area contributed by atoms with E-state index in [4.69, 9.17) is 10.9 Å². The van der Waals surface area contributed by atoms with Gasteiger partial charge in [0.05, 0.1) is 16.3 Å². The summed E-state index contributed by atoms with van der Waals surface area (Å²) in [4.78, 5) is 15.7. The number of primary amides is 1. The summed E-state index contributed by atoms with van der Waals surface area (Å²) in [6, 6.07) is 10.8. The Bertz CT molecular complexity index is 997. The lowest BCUT2D eigenvalue weighted by Crippen LogP contribution is -2.14. The topological polar surface area (TPSA) is 147 Å². The lowest BCUT2D eigenvalue weighted by atomic mass is 10.2. The van der Waals surface area contributed by atoms with Crippen LogP contribution in [0.15, 0.2) is 53.6 Å². The zero-order chi connectivity index (χ0) is 17.3. The molecule has 0 unspecified atom stereocenters. The molecule has 24 heavy (non-hydrogen) atoms. The van der Waals surface area contributed by atoms with Crippen LogP contribution in [0.1, 0.15) is 10.5 Å². The molecule has 0 atom stereocenters. The number of rotatable bonds is 4. The first-order valence-corrected chi connectivity index (χ1v) is 8.22. The summed E-state index contributed by atoms with van der Waals surface area (Å²) in [6.07, 6.45) is 1.56. The van der Waals surface area contributed by atoms with Crippen LogP contribution < -0.4 is 10.9 Å². The molecule has 0 aliphatic rings. The number of amides is 1. The molecule has 10 heteroatoms. The molecular weight excluding hydrogens is 332 g/mol. The van der Waals surface area contributed by atoms with Crippen LogP contribution in [0.2, 0.25) is 0 Å². The van der Waals surface area contributed by atoms with Gasteiger partial charge >= 0.3 is 0 Å². The zero-order valence-electron chi connectivity index (χ0n) is 12.2. The maximum Gasteiger partial charge on any atom is 0.271 e. The van der Waals surface area contributed by atoms with Crippen molar-refractivity contribution >= 4 is 15.9 Å². The minimum atomic E-state index is -3.80. The number of carbonyl (C=O) groups excluding carboxylic acids is 1. The Morgan fingerprint density at radius 1 is 1.08 bits per heavy atom. The second kappa shape index (κ2) is 5.83. The van der Waals surface area contributed by atoms with Crippen molar-refractivity contribution in [3.63, 3.8) is 0 Å². The van der Waals surface area contributed by atoms with Crippen molar-refractivity contribution in [2.75, 3.05) is 0 Å². The SMILES string of the molecule is NC(=O)c1nnn(-c2ccc(S(N)(=O)=O)cc2)c1-c1ccccn1. The van der Waals surface area contributed by atoms with Crippen LogP contribution in [0.25, 0.3) is 17.1 Å². The van der Waals surface area contributed by atoms with E-state index in [9.17, 15) is 13.2 Å². The maximum atomic E-state index is 11.6. The molecule has 122 valence electrons. The predicted octanol–water partition coefficient (Wildman–Crippen LogP) is 0.0756. The summed E-state index contributed by atoms with van der Waals surface area (Å²) < 4.78 is 24.0. The molecule has 4 N–H and O–H groups in total. The Labute approximate surface area is 137 Å². The van der Waals surface area contributed by atoms with E-state index in [0.717, 1.165) is 0 Å². The zero-order valence-corrected chi connectivity index (χ0v) is 13.0. The van der Waals surface area contributed by atoms with Crippen LogP contribution in [0.3, 0.4) is 0 Å². The Kier molecular flexibility index (Phi) is 3.83. The standard InChI is InChI=1S/C14H12N6O3S/c15-14(21)12-13(11-3-1-2-8-17-11)20(19-18-12)9-4-6-10(7-5-9)24(16,22)23/h1-8H,(H2,15,21)(H2,16,22,23). The fourth-order valence-corrected chi connectivity index (χ4v) is 2.65. The van der Waals surface area contributed by atoms with Crippen molar-refractivity contribution < 1.29 is 13.2 Å². The van der Waals surface area contributed by atoms with Crippen molar-refractivity contribution in [3.8, 4) is 17.1 Å². The third-order valence-corrected chi connectivity index (χ3v) is 4.15. The second-order valence-electron chi connectivity index (χ2n) is 4.82. The van der Waals surface area contributed by atoms with Gasteiger partial charge in [-0.05, 0) is 36.4 Å². The molecule has 3 aromatic rings. The van der Waals surface area contributed by atoms with E-state index < -0.39 is 15.9 Å². The maximum absolute atomic E-state index is 11.6. The molecule has 0 fully saturated rings. The third kappa shape index (κ3) is 2.87. The van der Waals surface area contributed by atoms with Crippen LogP contribution in [-0.4, -0.2) is 34.3 Å². The Morgan fingerprint density at radius 2 is 1.79 bits per heavy atom. The van der Waals surface area contributed by atoms with Crippen LogP contribution >= 0.6 is 0 Å². The number of hydrogen-bond donors (Lipinski definition) is 2. The molecule has 0 saturated heterocycles. The first-order chi connectivity index (χ1) is 11.4. The van der Waals surface area contributed by atoms with Crippen LogP contribution in [0, 0.1) is 0 Å². The second-order valence-corrected chi connectivity index (χ2v) is 6.38. The number of benzene rings is 1. The molecule has 1 amide bonds. The molecule has 0 radical (unpaired) electrons. The minimum absolute atomic E-state index is 0.0378. The molecule has 2 aromatic heterocycles. The van der Waals surface area contributed by atoms with Crippen LogP contribution in [0.5, 0.6) is 0 Å². The summed E-state index contributed by atoms with van der Waals surface area (Å²) >= 11 is 0. The number of carbonyl (C=O) groups is 1. The number of nitrogens with two attached hydrogens (primary N) is 2. The number of aromatic nitrogens is 4. The van der Waals surface area contributed by atoms with Gasteiger partial charge in [0, 0.05) is 6.20 Å². The molecule has 9 nitrogen and oxygen atoms in total. The van der Waals surface area contributed by atoms with Crippen molar-refractivity contribution in [3.05, 3.63) is 54.4 Å². The van der Waals surface area contributed by atoms with Gasteiger partial charge in [-0.1, -0.05) is 11.3 Å². The molecule has 0 aliphatic carbocycles. The van der Waals surface area contributed by atoms with Gasteiger partial charge < -0.3 is 5.73 Å². The Hall–Kier alpha value is -3.11. The Balaban J connectivity index is 2.17. The summed E-state index contributed by atoms with van der Waals surface area (Å²) in [6.45, 7) is 0. The van der Waals surface area contributed by atoms with E-state index in [2.05, 4.69) is 15.3 Å². The monoisotopic (exact) mass is 344 g/mol. The number of hydrogen-bond acceptors (Lipinski definition) is 6. The van der Waals surface area contributed by atoms with Gasteiger partial charge in [-0.2, -0.15) is 0 Å². The predicted molar refractivity (Wildman–Crippen MR) is 84.5 cm³/mol. The summed E-state index contributed by atoms with van der Waals surface area (Å²) in [5, 5.41) is 12.8. The lowest BCUT2D eigenvalue weighted by Gasteiger charge is -2.07. The quantitative estimate of drug-likeness (QED) is 0.685. The van der Waals surface area contributed by atoms with Crippen molar-refractivity contribution in [2.45, 2.75) is 4.90 Å². The highest BCUT2D eigenvalue weighted by Crippen LogP contribution is 2.23. The number of nitrogens with zero attached hydrogens (tertiary/aromatic N) is 4. The molecular formula is C14H12N6O3S. The first-order valence-electron chi connectivity index (χ1n) is 6.68. The normalized spacial score (nSPS) is 11.4. The highest BCUT2D eigenvalue weighted by Gasteiger charge is 2.21. The highest BCUT2D eigenvalue weighted by atomic mass is 32.2. The van der Waals surface area contributed by atoms with Crippen LogP contribution in [-0.2, 0) is 10.0 Å². The summed E-state index contributed by atoms with van der Waals surface area (Å²) in [5.74, 6) is -0.747. The number of sulfonamides is 1. The van der Waals surface area contributed by atoms with Gasteiger partial charge in [0.1, 0.15) is 5.69 Å². The van der Waals surface area contributed by atoms with E-state index in [1.165, 1.54) is 28.9 Å². The van der Waals surface area contributed by atoms with Crippen molar-refractivity contribution in [1.29, 1.82) is 0 Å². The molecule has 1 aromatic carbocycles. The smallest absolute Gasteiger partial charge is 0.271 e. The van der Waals surface area contributed by atoms with Gasteiger partial charge in [0.15, 0.2) is 5.69 Å². The van der Waals surface area contributed by atoms with Gasteiger partial charge in [-0.15, -0.1) is 5.10 Å². The van der Waals surface area contributed by atoms with Gasteiger partial charge in [0.25, 0.3) is 5.91 Å². The van der Waals surface area contributed by atoms with E-state index in [1.807, 2.05) is 0 Å². The fraction of sp³-hybridized carbons (Fsp3) is 0. The summed E-state index contributed by atoms with van der Waals surface area (Å²) in [7, 11) is -3.80. The van der Waals surface area contributed by atoms with E-state index in [1.54, 1.807) is 24.4 Å². The average molecular weight is 344 g/mol. The molecule has 0 saturated carbocycles. The van der Waals surface area contributed by atoms with Crippen LogP contribution in [0.4, 0.5) is 0 Å². The molecule has 2 heterocycles. The Morgan fingerprint density at radius 3 is 2.33 bits per heavy atom. The van der Waals surface area contributed by atoms with E-state index in [0.29, 0.717) is 17.1 Å². The first kappa shape index (κ1) is 15.8. The van der Waals surface area contributed by atoms with E-state index in [-0.39, 0.29) is 10.6 Å². The minimum Gasteiger partial charge on any atom is -0.364 e. The van der Waals surface area contributed by atoms with Gasteiger partial charge in [-0.3, -0.25) is 9.78 Å². The van der Waals surface area contributed by atoms with Gasteiger partial charge in [0.2, 0.25) is 10.0 Å². The fourth-order valence-electron chi connectivity index (χ4n) is 2.14. The molecule has 0 aliphatic heterocycles. The van der Waals surface area contributed by atoms with Gasteiger partial charge in [-0.25, -0.2) is 18.2 Å². The number of pyridine rings is 1. The van der Waals surface area contributed by atoms with Crippen molar-refractivity contribution in [1.82, 2.24) is 20.0 Å². The molecule has 0 spiro atoms. The third-order valence-electron chi connectivity index (χ3n) is 3.22. The largest absolute Gasteiger partial charge is 0.364 e. The number of primary sulfonamides is 1. The summed E-state index contributed by atoms with van der Waals surface area (Å²) in [5.41, 5.74) is 6.55. The van der Waals surface area contributed by atoms with Crippen molar-refractivity contribution in [2.24, 2.45) is 10.9 Å². The van der Waals surface area contributed by atoms with E-state index >= 15 is 0 Å².